The van der Waals surface area contributed by atoms with E-state index in [0.717, 1.165) is 5.75 Å². The Morgan fingerprint density at radius 3 is 2.60 bits per heavy atom. The van der Waals surface area contributed by atoms with E-state index in [2.05, 4.69) is 4.72 Å². The Morgan fingerprint density at radius 2 is 1.90 bits per heavy atom. The third kappa shape index (κ3) is 4.75. The highest BCUT2D eigenvalue weighted by atomic mass is 32.2. The number of hydrogen-bond donors (Lipinski definition) is 1. The Morgan fingerprint density at radius 1 is 1.20 bits per heavy atom. The van der Waals surface area contributed by atoms with Crippen molar-refractivity contribution in [2.75, 3.05) is 39.5 Å². The topological polar surface area (TPSA) is 67.9 Å². The minimum absolute atomic E-state index is 0.368. The number of morpholine rings is 1. The Labute approximate surface area is 119 Å². The summed E-state index contributed by atoms with van der Waals surface area (Å²) in [6.45, 7) is 2.59. The number of hydrogen-bond acceptors (Lipinski definition) is 4. The van der Waals surface area contributed by atoms with Crippen LogP contribution in [0.3, 0.4) is 0 Å². The van der Waals surface area contributed by atoms with E-state index in [-0.39, 0.29) is 0 Å². The summed E-state index contributed by atoms with van der Waals surface area (Å²) in [5.74, 6) is 0.795. The molecular weight excluding hydrogens is 280 g/mol. The molecule has 1 fully saturated rings. The molecular formula is C13H20N2O4S. The number of nitrogens with zero attached hydrogens (tertiary/aromatic N) is 1. The quantitative estimate of drug-likeness (QED) is 0.750. The third-order valence-corrected chi connectivity index (χ3v) is 4.54. The predicted molar refractivity (Wildman–Crippen MR) is 75.9 cm³/mol. The van der Waals surface area contributed by atoms with Gasteiger partial charge in [-0.05, 0) is 18.6 Å². The number of ether oxygens (including phenoxy) is 2. The van der Waals surface area contributed by atoms with E-state index in [0.29, 0.717) is 45.9 Å². The van der Waals surface area contributed by atoms with E-state index in [1.54, 1.807) is 0 Å². The van der Waals surface area contributed by atoms with Gasteiger partial charge < -0.3 is 9.47 Å². The largest absolute Gasteiger partial charge is 0.494 e. The standard InChI is InChI=1S/C13H20N2O4S/c16-20(17,15-8-11-18-12-9-15)14-7-4-10-19-13-5-2-1-3-6-13/h1-3,5-6,14H,4,7-12H2. The lowest BCUT2D eigenvalue weighted by Crippen LogP contribution is -2.46. The van der Waals surface area contributed by atoms with Crippen molar-refractivity contribution in [3.8, 4) is 5.75 Å². The molecule has 0 unspecified atom stereocenters. The first-order chi connectivity index (χ1) is 9.68. The molecule has 1 saturated heterocycles. The van der Waals surface area contributed by atoms with Crippen molar-refractivity contribution in [1.29, 1.82) is 0 Å². The lowest BCUT2D eigenvalue weighted by atomic mass is 10.3. The van der Waals surface area contributed by atoms with Gasteiger partial charge in [-0.2, -0.15) is 12.7 Å². The maximum Gasteiger partial charge on any atom is 0.279 e. The minimum Gasteiger partial charge on any atom is -0.494 e. The summed E-state index contributed by atoms with van der Waals surface area (Å²) < 4.78 is 38.5. The Kier molecular flexibility index (Phi) is 5.78. The highest BCUT2D eigenvalue weighted by molar-refractivity contribution is 7.87. The molecule has 1 heterocycles. The molecule has 0 saturated carbocycles. The Bertz CT molecular complexity index is 486. The maximum absolute atomic E-state index is 11.9. The second-order valence-corrected chi connectivity index (χ2v) is 6.18. The van der Waals surface area contributed by atoms with Crippen LogP contribution in [-0.2, 0) is 14.9 Å². The molecule has 112 valence electrons. The van der Waals surface area contributed by atoms with Crippen molar-refractivity contribution < 1.29 is 17.9 Å². The van der Waals surface area contributed by atoms with Crippen molar-refractivity contribution in [2.24, 2.45) is 0 Å². The SMILES string of the molecule is O=S(=O)(NCCCOc1ccccc1)N1CCOCC1. The average molecular weight is 300 g/mol. The van der Waals surface area contributed by atoms with Crippen LogP contribution in [0.4, 0.5) is 0 Å². The van der Waals surface area contributed by atoms with Crippen molar-refractivity contribution in [2.45, 2.75) is 6.42 Å². The van der Waals surface area contributed by atoms with Gasteiger partial charge in [-0.15, -0.1) is 0 Å². The molecule has 20 heavy (non-hydrogen) atoms. The van der Waals surface area contributed by atoms with Gasteiger partial charge in [0.2, 0.25) is 0 Å². The molecule has 1 aliphatic rings. The molecule has 0 atom stereocenters. The lowest BCUT2D eigenvalue weighted by molar-refractivity contribution is 0.0725. The predicted octanol–water partition coefficient (Wildman–Crippen LogP) is 0.622. The van der Waals surface area contributed by atoms with E-state index in [1.807, 2.05) is 30.3 Å². The van der Waals surface area contributed by atoms with Gasteiger partial charge in [-0.3, -0.25) is 0 Å². The highest BCUT2D eigenvalue weighted by Gasteiger charge is 2.23. The molecule has 7 heteroatoms. The summed E-state index contributed by atoms with van der Waals surface area (Å²) >= 11 is 0. The van der Waals surface area contributed by atoms with E-state index in [1.165, 1.54) is 4.31 Å². The summed E-state index contributed by atoms with van der Waals surface area (Å²) in [5, 5.41) is 0. The fourth-order valence-electron chi connectivity index (χ4n) is 1.86. The van der Waals surface area contributed by atoms with Gasteiger partial charge in [0.1, 0.15) is 5.75 Å². The third-order valence-electron chi connectivity index (χ3n) is 2.93. The van der Waals surface area contributed by atoms with Crippen LogP contribution in [0, 0.1) is 0 Å². The molecule has 1 aromatic rings. The number of nitrogens with one attached hydrogen (secondary N) is 1. The fourth-order valence-corrected chi connectivity index (χ4v) is 3.07. The van der Waals surface area contributed by atoms with E-state index < -0.39 is 10.2 Å². The molecule has 2 rings (SSSR count). The van der Waals surface area contributed by atoms with Crippen molar-refractivity contribution >= 4 is 10.2 Å². The van der Waals surface area contributed by atoms with Crippen molar-refractivity contribution in [3.63, 3.8) is 0 Å². The van der Waals surface area contributed by atoms with E-state index in [9.17, 15) is 8.42 Å². The smallest absolute Gasteiger partial charge is 0.279 e. The number of rotatable bonds is 7. The van der Waals surface area contributed by atoms with E-state index in [4.69, 9.17) is 9.47 Å². The van der Waals surface area contributed by atoms with Gasteiger partial charge in [0.05, 0.1) is 19.8 Å². The lowest BCUT2D eigenvalue weighted by Gasteiger charge is -2.26. The monoisotopic (exact) mass is 300 g/mol. The maximum atomic E-state index is 11.9. The summed E-state index contributed by atoms with van der Waals surface area (Å²) in [6.07, 6.45) is 0.623. The van der Waals surface area contributed by atoms with Crippen LogP contribution < -0.4 is 9.46 Å². The summed E-state index contributed by atoms with van der Waals surface area (Å²) in [7, 11) is -3.38. The average Bonchev–Trinajstić information content (AvgIpc) is 2.49. The summed E-state index contributed by atoms with van der Waals surface area (Å²) in [6, 6.07) is 9.46. The molecule has 6 nitrogen and oxygen atoms in total. The first-order valence-electron chi connectivity index (χ1n) is 6.69. The molecule has 0 aromatic heterocycles. The Hall–Kier alpha value is -1.15. The minimum atomic E-state index is -3.38. The molecule has 0 bridgehead atoms. The molecule has 0 spiro atoms. The van der Waals surface area contributed by atoms with Crippen molar-refractivity contribution in [1.82, 2.24) is 9.03 Å². The van der Waals surface area contributed by atoms with Crippen LogP contribution >= 0.6 is 0 Å². The van der Waals surface area contributed by atoms with E-state index >= 15 is 0 Å². The van der Waals surface area contributed by atoms with Crippen LogP contribution in [0.2, 0.25) is 0 Å². The zero-order valence-electron chi connectivity index (χ0n) is 11.3. The second-order valence-electron chi connectivity index (χ2n) is 4.43. The molecule has 0 aliphatic carbocycles. The zero-order chi connectivity index (χ0) is 14.3. The second kappa shape index (κ2) is 7.58. The highest BCUT2D eigenvalue weighted by Crippen LogP contribution is 2.08. The molecule has 1 N–H and O–H groups in total. The van der Waals surface area contributed by atoms with Gasteiger partial charge in [0.25, 0.3) is 10.2 Å². The molecule has 0 amide bonds. The number of para-hydroxylation sites is 1. The van der Waals surface area contributed by atoms with Crippen molar-refractivity contribution in [3.05, 3.63) is 30.3 Å². The number of benzene rings is 1. The summed E-state index contributed by atoms with van der Waals surface area (Å²) in [5.41, 5.74) is 0. The Balaban J connectivity index is 1.65. The first-order valence-corrected chi connectivity index (χ1v) is 8.13. The van der Waals surface area contributed by atoms with Crippen LogP contribution in [0.25, 0.3) is 0 Å². The first kappa shape index (κ1) is 15.2. The zero-order valence-corrected chi connectivity index (χ0v) is 12.1. The van der Waals surface area contributed by atoms with Crippen LogP contribution in [0.1, 0.15) is 6.42 Å². The van der Waals surface area contributed by atoms with Crippen LogP contribution in [0.15, 0.2) is 30.3 Å². The van der Waals surface area contributed by atoms with Crippen LogP contribution in [0.5, 0.6) is 5.75 Å². The molecule has 1 aromatic carbocycles. The normalized spacial score (nSPS) is 17.0. The van der Waals surface area contributed by atoms with Gasteiger partial charge >= 0.3 is 0 Å². The van der Waals surface area contributed by atoms with Crippen LogP contribution in [-0.4, -0.2) is 52.2 Å². The molecule has 1 aliphatic heterocycles. The van der Waals surface area contributed by atoms with Gasteiger partial charge in [-0.25, -0.2) is 4.72 Å². The van der Waals surface area contributed by atoms with Gasteiger partial charge in [0, 0.05) is 19.6 Å². The summed E-state index contributed by atoms with van der Waals surface area (Å²) in [4.78, 5) is 0. The van der Waals surface area contributed by atoms with Gasteiger partial charge in [0.15, 0.2) is 0 Å². The molecule has 0 radical (unpaired) electrons. The fraction of sp³-hybridized carbons (Fsp3) is 0.538. The van der Waals surface area contributed by atoms with Gasteiger partial charge in [-0.1, -0.05) is 18.2 Å².